The number of β-amino-alcohol motifs (C(OH)–C–C–N with tert-alkyl or cyclic N) is 1. The number of likely N-dealkylation sites (tertiary alicyclic amines) is 1. The smallest absolute Gasteiger partial charge is 0.256 e. The molecule has 3 aromatic rings. The van der Waals surface area contributed by atoms with Crippen LogP contribution < -0.4 is 5.32 Å². The van der Waals surface area contributed by atoms with E-state index in [0.717, 1.165) is 12.1 Å². The van der Waals surface area contributed by atoms with Crippen LogP contribution in [0.4, 0.5) is 24.5 Å². The minimum Gasteiger partial charge on any atom is -0.384 e. The molecule has 30 heavy (non-hydrogen) atoms. The molecule has 0 radical (unpaired) electrons. The van der Waals surface area contributed by atoms with E-state index in [2.05, 4.69) is 10.3 Å². The molecule has 2 N–H and O–H groups in total. The Morgan fingerprint density at radius 2 is 1.97 bits per heavy atom. The second-order valence-corrected chi connectivity index (χ2v) is 8.40. The maximum absolute atomic E-state index is 14.5. The Balaban J connectivity index is 1.57. The number of amides is 1. The van der Waals surface area contributed by atoms with Crippen molar-refractivity contribution >= 4 is 39.9 Å². The van der Waals surface area contributed by atoms with E-state index in [4.69, 9.17) is 0 Å². The first-order chi connectivity index (χ1) is 14.3. The molecule has 1 aliphatic heterocycles. The fraction of sp³-hybridized carbons (Fsp3) is 0.200. The third kappa shape index (κ3) is 4.01. The summed E-state index contributed by atoms with van der Waals surface area (Å²) in [7, 11) is 0. The number of carbonyl (C=O) groups is 1. The molecule has 2 aromatic carbocycles. The lowest BCUT2D eigenvalue weighted by Gasteiger charge is -2.46. The van der Waals surface area contributed by atoms with Gasteiger partial charge in [-0.3, -0.25) is 4.79 Å². The SMILES string of the molecule is O=C(c1ccc(F)c(F)c1Nc1ccc(I)cc1F)N1CC(O)(Cn2ccnc2)C1. The molecular weight excluding hydrogens is 512 g/mol. The molecule has 0 saturated carbocycles. The Hall–Kier alpha value is -2.60. The van der Waals surface area contributed by atoms with Crippen LogP contribution in [0.25, 0.3) is 0 Å². The third-order valence-corrected chi connectivity index (χ3v) is 5.48. The van der Waals surface area contributed by atoms with Crippen molar-refractivity contribution in [1.82, 2.24) is 14.5 Å². The minimum absolute atomic E-state index is 0.0142. The highest BCUT2D eigenvalue weighted by atomic mass is 127. The number of hydrogen-bond acceptors (Lipinski definition) is 4. The third-order valence-electron chi connectivity index (χ3n) is 4.81. The molecule has 1 amide bonds. The predicted octanol–water partition coefficient (Wildman–Crippen LogP) is 3.54. The van der Waals surface area contributed by atoms with Gasteiger partial charge < -0.3 is 19.9 Å². The summed E-state index contributed by atoms with van der Waals surface area (Å²) in [5, 5.41) is 13.1. The van der Waals surface area contributed by atoms with Gasteiger partial charge in [-0.25, -0.2) is 18.2 Å². The van der Waals surface area contributed by atoms with Gasteiger partial charge in [-0.05, 0) is 52.9 Å². The van der Waals surface area contributed by atoms with Gasteiger partial charge in [0.2, 0.25) is 0 Å². The van der Waals surface area contributed by atoms with Crippen LogP contribution in [-0.2, 0) is 6.54 Å². The Kier molecular flexibility index (Phi) is 5.45. The fourth-order valence-corrected chi connectivity index (χ4v) is 3.83. The van der Waals surface area contributed by atoms with Crippen molar-refractivity contribution in [1.29, 1.82) is 0 Å². The van der Waals surface area contributed by atoms with E-state index in [1.54, 1.807) is 29.4 Å². The number of rotatable bonds is 5. The zero-order valence-electron chi connectivity index (χ0n) is 15.4. The number of aliphatic hydroxyl groups is 1. The summed E-state index contributed by atoms with van der Waals surface area (Å²) < 4.78 is 44.9. The monoisotopic (exact) mass is 528 g/mol. The molecule has 0 spiro atoms. The Morgan fingerprint density at radius 3 is 2.63 bits per heavy atom. The molecule has 1 fully saturated rings. The average molecular weight is 528 g/mol. The molecule has 1 saturated heterocycles. The van der Waals surface area contributed by atoms with Crippen LogP contribution in [0.2, 0.25) is 0 Å². The molecule has 2 heterocycles. The second kappa shape index (κ2) is 7.91. The van der Waals surface area contributed by atoms with Crippen molar-refractivity contribution in [2.45, 2.75) is 12.1 Å². The van der Waals surface area contributed by atoms with Crippen molar-refractivity contribution < 1.29 is 23.1 Å². The van der Waals surface area contributed by atoms with Crippen molar-refractivity contribution in [2.75, 3.05) is 18.4 Å². The van der Waals surface area contributed by atoms with Crippen LogP contribution in [0.1, 0.15) is 10.4 Å². The molecule has 10 heteroatoms. The van der Waals surface area contributed by atoms with Crippen molar-refractivity contribution in [3.05, 3.63) is 75.6 Å². The van der Waals surface area contributed by atoms with Gasteiger partial charge in [0.1, 0.15) is 11.4 Å². The number of benzene rings is 2. The van der Waals surface area contributed by atoms with E-state index in [9.17, 15) is 23.1 Å². The molecule has 1 aliphatic rings. The number of nitrogens with one attached hydrogen (secondary N) is 1. The number of halogens is 4. The highest BCUT2D eigenvalue weighted by Gasteiger charge is 2.44. The maximum atomic E-state index is 14.5. The first kappa shape index (κ1) is 20.7. The Bertz CT molecular complexity index is 1100. The Morgan fingerprint density at radius 1 is 1.20 bits per heavy atom. The van der Waals surface area contributed by atoms with Gasteiger partial charge in [0.05, 0.1) is 42.9 Å². The highest BCUT2D eigenvalue weighted by Crippen LogP contribution is 2.32. The lowest BCUT2D eigenvalue weighted by molar-refractivity contribution is -0.0910. The highest BCUT2D eigenvalue weighted by molar-refractivity contribution is 14.1. The molecule has 4 rings (SSSR count). The van der Waals surface area contributed by atoms with Crippen LogP contribution in [-0.4, -0.2) is 44.2 Å². The second-order valence-electron chi connectivity index (χ2n) is 7.15. The zero-order valence-corrected chi connectivity index (χ0v) is 17.6. The Labute approximate surface area is 183 Å². The number of nitrogens with zero attached hydrogens (tertiary/aromatic N) is 3. The normalized spacial score (nSPS) is 15.0. The van der Waals surface area contributed by atoms with E-state index >= 15 is 0 Å². The quantitative estimate of drug-likeness (QED) is 0.498. The summed E-state index contributed by atoms with van der Waals surface area (Å²) in [6.07, 6.45) is 4.82. The van der Waals surface area contributed by atoms with E-state index in [0.29, 0.717) is 3.57 Å². The number of hydrogen-bond donors (Lipinski definition) is 2. The molecule has 6 nitrogen and oxygen atoms in total. The molecule has 0 unspecified atom stereocenters. The lowest BCUT2D eigenvalue weighted by atomic mass is 9.92. The van der Waals surface area contributed by atoms with E-state index in [-0.39, 0.29) is 30.9 Å². The summed E-state index contributed by atoms with van der Waals surface area (Å²) in [5.74, 6) is -3.71. The van der Waals surface area contributed by atoms with Crippen LogP contribution in [0.5, 0.6) is 0 Å². The summed E-state index contributed by atoms with van der Waals surface area (Å²) in [4.78, 5) is 18.1. The van der Waals surface area contributed by atoms with Gasteiger partial charge in [0.25, 0.3) is 5.91 Å². The molecule has 1 aromatic heterocycles. The zero-order chi connectivity index (χ0) is 21.5. The molecule has 156 valence electrons. The van der Waals surface area contributed by atoms with Crippen LogP contribution in [0.3, 0.4) is 0 Å². The summed E-state index contributed by atoms with van der Waals surface area (Å²) >= 11 is 1.92. The predicted molar refractivity (Wildman–Crippen MR) is 112 cm³/mol. The van der Waals surface area contributed by atoms with Crippen LogP contribution in [0, 0.1) is 21.0 Å². The number of anilines is 2. The fourth-order valence-electron chi connectivity index (χ4n) is 3.37. The van der Waals surface area contributed by atoms with Crippen molar-refractivity contribution in [3.8, 4) is 0 Å². The van der Waals surface area contributed by atoms with Gasteiger partial charge in [0.15, 0.2) is 11.6 Å². The standard InChI is InChI=1S/C20H16F3IN4O2/c21-14-3-2-13(18(17(14)23)26-16-4-1-12(24)7-15(16)22)19(29)28-9-20(30,10-28)8-27-6-5-25-11-27/h1-7,11,26,30H,8-10H2. The van der Waals surface area contributed by atoms with E-state index in [1.807, 2.05) is 22.6 Å². The summed E-state index contributed by atoms with van der Waals surface area (Å²) in [6.45, 7) is 0.272. The summed E-state index contributed by atoms with van der Waals surface area (Å²) in [5.41, 5.74) is -1.85. The minimum atomic E-state index is -1.28. The largest absolute Gasteiger partial charge is 0.384 e. The van der Waals surface area contributed by atoms with E-state index in [1.165, 1.54) is 17.0 Å². The van der Waals surface area contributed by atoms with Crippen LogP contribution in [0.15, 0.2) is 49.1 Å². The number of aromatic nitrogens is 2. The van der Waals surface area contributed by atoms with Crippen molar-refractivity contribution in [3.63, 3.8) is 0 Å². The van der Waals surface area contributed by atoms with Crippen molar-refractivity contribution in [2.24, 2.45) is 0 Å². The molecule has 0 aliphatic carbocycles. The topological polar surface area (TPSA) is 70.4 Å². The maximum Gasteiger partial charge on any atom is 0.256 e. The number of imidazole rings is 1. The van der Waals surface area contributed by atoms with Gasteiger partial charge in [-0.1, -0.05) is 0 Å². The lowest BCUT2D eigenvalue weighted by Crippen LogP contribution is -2.65. The van der Waals surface area contributed by atoms with Gasteiger partial charge in [0, 0.05) is 16.0 Å². The van der Waals surface area contributed by atoms with Gasteiger partial charge in [-0.15, -0.1) is 0 Å². The van der Waals surface area contributed by atoms with Gasteiger partial charge in [-0.2, -0.15) is 0 Å². The molecular formula is C20H16F3IN4O2. The van der Waals surface area contributed by atoms with Crippen LogP contribution >= 0.6 is 22.6 Å². The van der Waals surface area contributed by atoms with Gasteiger partial charge >= 0.3 is 0 Å². The first-order valence-electron chi connectivity index (χ1n) is 8.93. The van der Waals surface area contributed by atoms with E-state index < -0.39 is 34.6 Å². The average Bonchev–Trinajstić information content (AvgIpc) is 3.17. The summed E-state index contributed by atoms with van der Waals surface area (Å²) in [6, 6.07) is 6.18. The first-order valence-corrected chi connectivity index (χ1v) is 10.0. The molecule has 0 bridgehead atoms. The molecule has 0 atom stereocenters. The number of carbonyl (C=O) groups excluding carboxylic acids is 1.